The Kier molecular flexibility index (Phi) is 4.52. The van der Waals surface area contributed by atoms with Gasteiger partial charge in [0, 0.05) is 12.5 Å². The van der Waals surface area contributed by atoms with E-state index in [0.29, 0.717) is 6.42 Å². The normalized spacial score (nSPS) is 18.7. The summed E-state index contributed by atoms with van der Waals surface area (Å²) in [5.41, 5.74) is 3.21. The standard InChI is InChI=1S/C16H18N2O3/c1-10-3-4-12(11(2)9-10)5-7-14(19)17-13-6-8-15(20)18-16(13)21/h3-5,7,9,13H,6,8H2,1-2H3,(H,17,19)(H,18,20,21). The number of benzene rings is 1. The lowest BCUT2D eigenvalue weighted by atomic mass is 10.0. The van der Waals surface area contributed by atoms with E-state index in [0.717, 1.165) is 16.7 Å². The molecule has 1 aromatic carbocycles. The maximum atomic E-state index is 11.8. The Bertz CT molecular complexity index is 620. The third-order valence-corrected chi connectivity index (χ3v) is 3.40. The molecule has 0 aliphatic carbocycles. The Morgan fingerprint density at radius 3 is 2.76 bits per heavy atom. The van der Waals surface area contributed by atoms with Crippen LogP contribution < -0.4 is 10.6 Å². The molecule has 2 N–H and O–H groups in total. The van der Waals surface area contributed by atoms with Gasteiger partial charge < -0.3 is 5.32 Å². The highest BCUT2D eigenvalue weighted by Gasteiger charge is 2.27. The molecule has 0 spiro atoms. The predicted molar refractivity (Wildman–Crippen MR) is 79.3 cm³/mol. The average Bonchev–Trinajstić information content (AvgIpc) is 2.41. The second-order valence-electron chi connectivity index (χ2n) is 5.21. The minimum atomic E-state index is -0.640. The number of rotatable bonds is 3. The Balaban J connectivity index is 1.96. The van der Waals surface area contributed by atoms with E-state index in [1.165, 1.54) is 6.08 Å². The van der Waals surface area contributed by atoms with Gasteiger partial charge in [0.2, 0.25) is 17.7 Å². The second-order valence-corrected chi connectivity index (χ2v) is 5.21. The van der Waals surface area contributed by atoms with Crippen LogP contribution in [0.5, 0.6) is 0 Å². The first-order valence-electron chi connectivity index (χ1n) is 6.85. The quantitative estimate of drug-likeness (QED) is 0.648. The van der Waals surface area contributed by atoms with Crippen molar-refractivity contribution >= 4 is 23.8 Å². The minimum Gasteiger partial charge on any atom is -0.341 e. The van der Waals surface area contributed by atoms with Crippen molar-refractivity contribution in [3.8, 4) is 0 Å². The van der Waals surface area contributed by atoms with E-state index in [9.17, 15) is 14.4 Å². The summed E-state index contributed by atoms with van der Waals surface area (Å²) in [4.78, 5) is 34.4. The first kappa shape index (κ1) is 15.0. The molecule has 110 valence electrons. The number of carbonyl (C=O) groups is 3. The van der Waals surface area contributed by atoms with Gasteiger partial charge in [-0.25, -0.2) is 0 Å². The zero-order valence-electron chi connectivity index (χ0n) is 12.1. The molecule has 2 rings (SSSR count). The van der Waals surface area contributed by atoms with E-state index < -0.39 is 11.9 Å². The predicted octanol–water partition coefficient (Wildman–Crippen LogP) is 1.24. The monoisotopic (exact) mass is 286 g/mol. The molecule has 1 aliphatic heterocycles. The highest BCUT2D eigenvalue weighted by atomic mass is 16.2. The minimum absolute atomic E-state index is 0.247. The second kappa shape index (κ2) is 6.35. The van der Waals surface area contributed by atoms with Crippen molar-refractivity contribution < 1.29 is 14.4 Å². The fraction of sp³-hybridized carbons (Fsp3) is 0.312. The van der Waals surface area contributed by atoms with Crippen molar-refractivity contribution in [2.24, 2.45) is 0 Å². The number of aryl methyl sites for hydroxylation is 2. The molecule has 1 heterocycles. The molecule has 1 saturated heterocycles. The molecular weight excluding hydrogens is 268 g/mol. The fourth-order valence-electron chi connectivity index (χ4n) is 2.23. The zero-order valence-corrected chi connectivity index (χ0v) is 12.1. The van der Waals surface area contributed by atoms with Crippen molar-refractivity contribution in [1.82, 2.24) is 10.6 Å². The highest BCUT2D eigenvalue weighted by molar-refractivity contribution is 6.03. The number of amides is 3. The molecule has 1 unspecified atom stereocenters. The summed E-state index contributed by atoms with van der Waals surface area (Å²) >= 11 is 0. The van der Waals surface area contributed by atoms with Crippen LogP contribution in [0, 0.1) is 13.8 Å². The summed E-state index contributed by atoms with van der Waals surface area (Å²) in [7, 11) is 0. The van der Waals surface area contributed by atoms with Crippen molar-refractivity contribution in [2.45, 2.75) is 32.7 Å². The lowest BCUT2D eigenvalue weighted by molar-refractivity contribution is -0.136. The first-order valence-corrected chi connectivity index (χ1v) is 6.85. The van der Waals surface area contributed by atoms with Gasteiger partial charge in [-0.05, 0) is 37.5 Å². The molecule has 1 atom stereocenters. The van der Waals surface area contributed by atoms with Crippen LogP contribution in [-0.4, -0.2) is 23.8 Å². The van der Waals surface area contributed by atoms with E-state index in [4.69, 9.17) is 0 Å². The van der Waals surface area contributed by atoms with Gasteiger partial charge in [0.25, 0.3) is 0 Å². The maximum absolute atomic E-state index is 11.8. The van der Waals surface area contributed by atoms with E-state index in [1.54, 1.807) is 6.08 Å². The van der Waals surface area contributed by atoms with Gasteiger partial charge in [-0.1, -0.05) is 23.8 Å². The van der Waals surface area contributed by atoms with Crippen molar-refractivity contribution in [3.05, 3.63) is 41.0 Å². The summed E-state index contributed by atoms with van der Waals surface area (Å²) in [5, 5.41) is 4.81. The average molecular weight is 286 g/mol. The Hall–Kier alpha value is -2.43. The smallest absolute Gasteiger partial charge is 0.249 e. The maximum Gasteiger partial charge on any atom is 0.249 e. The van der Waals surface area contributed by atoms with Gasteiger partial charge in [0.05, 0.1) is 0 Å². The molecule has 0 aromatic heterocycles. The molecule has 1 fully saturated rings. The van der Waals surface area contributed by atoms with Crippen molar-refractivity contribution in [1.29, 1.82) is 0 Å². The van der Waals surface area contributed by atoms with Gasteiger partial charge in [0.1, 0.15) is 6.04 Å². The van der Waals surface area contributed by atoms with E-state index >= 15 is 0 Å². The van der Waals surface area contributed by atoms with Gasteiger partial charge in [-0.15, -0.1) is 0 Å². The van der Waals surface area contributed by atoms with Crippen LogP contribution in [0.1, 0.15) is 29.5 Å². The van der Waals surface area contributed by atoms with Crippen LogP contribution in [0.4, 0.5) is 0 Å². The van der Waals surface area contributed by atoms with Gasteiger partial charge in [-0.2, -0.15) is 0 Å². The van der Waals surface area contributed by atoms with E-state index in [1.807, 2.05) is 32.0 Å². The lowest BCUT2D eigenvalue weighted by Gasteiger charge is -2.21. The summed E-state index contributed by atoms with van der Waals surface area (Å²) in [6, 6.07) is 5.32. The number of nitrogens with one attached hydrogen (secondary N) is 2. The van der Waals surface area contributed by atoms with Gasteiger partial charge >= 0.3 is 0 Å². The zero-order chi connectivity index (χ0) is 15.4. The SMILES string of the molecule is Cc1ccc(C=CC(=O)NC2CCC(=O)NC2=O)c(C)c1. The van der Waals surface area contributed by atoms with Crippen molar-refractivity contribution in [2.75, 3.05) is 0 Å². The Labute approximate surface area is 123 Å². The number of imide groups is 1. The number of piperidine rings is 1. The molecule has 3 amide bonds. The van der Waals surface area contributed by atoms with Crippen LogP contribution in [0.15, 0.2) is 24.3 Å². The van der Waals surface area contributed by atoms with Crippen LogP contribution in [-0.2, 0) is 14.4 Å². The molecule has 1 aromatic rings. The van der Waals surface area contributed by atoms with Gasteiger partial charge in [-0.3, -0.25) is 19.7 Å². The molecule has 0 radical (unpaired) electrons. The third-order valence-electron chi connectivity index (χ3n) is 3.40. The molecule has 21 heavy (non-hydrogen) atoms. The molecule has 0 saturated carbocycles. The summed E-state index contributed by atoms with van der Waals surface area (Å²) < 4.78 is 0. The molecule has 0 bridgehead atoms. The first-order chi connectivity index (χ1) is 9.95. The van der Waals surface area contributed by atoms with E-state index in [-0.39, 0.29) is 18.2 Å². The highest BCUT2D eigenvalue weighted by Crippen LogP contribution is 2.12. The summed E-state index contributed by atoms with van der Waals surface area (Å²) in [5.74, 6) is -1.08. The number of hydrogen-bond donors (Lipinski definition) is 2. The molecule has 5 heteroatoms. The topological polar surface area (TPSA) is 75.3 Å². The molecule has 5 nitrogen and oxygen atoms in total. The molecule has 1 aliphatic rings. The van der Waals surface area contributed by atoms with Gasteiger partial charge in [0.15, 0.2) is 0 Å². The van der Waals surface area contributed by atoms with Crippen LogP contribution in [0.25, 0.3) is 6.08 Å². The summed E-state index contributed by atoms with van der Waals surface area (Å²) in [6.45, 7) is 3.99. The molecular formula is C16H18N2O3. The van der Waals surface area contributed by atoms with Crippen LogP contribution in [0.3, 0.4) is 0 Å². The van der Waals surface area contributed by atoms with Crippen molar-refractivity contribution in [3.63, 3.8) is 0 Å². The lowest BCUT2D eigenvalue weighted by Crippen LogP contribution is -2.51. The van der Waals surface area contributed by atoms with Crippen LogP contribution >= 0.6 is 0 Å². The van der Waals surface area contributed by atoms with Crippen LogP contribution in [0.2, 0.25) is 0 Å². The largest absolute Gasteiger partial charge is 0.341 e. The Morgan fingerprint density at radius 2 is 2.10 bits per heavy atom. The number of hydrogen-bond acceptors (Lipinski definition) is 3. The summed E-state index contributed by atoms with van der Waals surface area (Å²) in [6.07, 6.45) is 3.71. The fourth-order valence-corrected chi connectivity index (χ4v) is 2.23. The third kappa shape index (κ3) is 4.02. The van der Waals surface area contributed by atoms with E-state index in [2.05, 4.69) is 10.6 Å². The number of carbonyl (C=O) groups excluding carboxylic acids is 3. The Morgan fingerprint density at radius 1 is 1.33 bits per heavy atom.